The van der Waals surface area contributed by atoms with Crippen LogP contribution in [0.25, 0.3) is 5.78 Å². The van der Waals surface area contributed by atoms with Crippen molar-refractivity contribution in [1.29, 1.82) is 0 Å². The zero-order valence-corrected chi connectivity index (χ0v) is 16.7. The normalized spacial score (nSPS) is 10.9. The Morgan fingerprint density at radius 2 is 2.00 bits per heavy atom. The van der Waals surface area contributed by atoms with Crippen molar-refractivity contribution in [3.63, 3.8) is 0 Å². The Morgan fingerprint density at radius 1 is 1.25 bits per heavy atom. The molecular formula is C19H21ClN6O2. The second-order valence-electron chi connectivity index (χ2n) is 6.51. The average molecular weight is 401 g/mol. The number of para-hydroxylation sites is 1. The van der Waals surface area contributed by atoms with Crippen molar-refractivity contribution >= 4 is 34.9 Å². The predicted molar refractivity (Wildman–Crippen MR) is 106 cm³/mol. The largest absolute Gasteiger partial charge is 0.336 e. The lowest BCUT2D eigenvalue weighted by Gasteiger charge is -2.18. The molecule has 0 aliphatic carbocycles. The number of rotatable bonds is 6. The van der Waals surface area contributed by atoms with Crippen molar-refractivity contribution in [1.82, 2.24) is 24.5 Å². The number of hydrogen-bond donors (Lipinski definition) is 1. The van der Waals surface area contributed by atoms with Gasteiger partial charge in [-0.05, 0) is 38.0 Å². The van der Waals surface area contributed by atoms with E-state index in [9.17, 15) is 9.59 Å². The van der Waals surface area contributed by atoms with E-state index >= 15 is 0 Å². The Morgan fingerprint density at radius 3 is 2.75 bits per heavy atom. The Kier molecular flexibility index (Phi) is 5.89. The van der Waals surface area contributed by atoms with Crippen molar-refractivity contribution in [2.45, 2.75) is 26.7 Å². The number of benzene rings is 1. The first-order chi connectivity index (χ1) is 13.4. The van der Waals surface area contributed by atoms with Gasteiger partial charge in [0.15, 0.2) is 0 Å². The van der Waals surface area contributed by atoms with E-state index in [2.05, 4.69) is 20.4 Å². The monoisotopic (exact) mass is 400 g/mol. The first-order valence-corrected chi connectivity index (χ1v) is 9.18. The van der Waals surface area contributed by atoms with Crippen molar-refractivity contribution in [3.05, 3.63) is 52.6 Å². The van der Waals surface area contributed by atoms with Crippen LogP contribution in [0, 0.1) is 13.8 Å². The number of nitrogens with one attached hydrogen (secondary N) is 1. The summed E-state index contributed by atoms with van der Waals surface area (Å²) in [5.74, 6) is 0.104. The number of hydrogen-bond acceptors (Lipinski definition) is 5. The number of halogens is 1. The van der Waals surface area contributed by atoms with E-state index in [0.29, 0.717) is 22.9 Å². The zero-order valence-electron chi connectivity index (χ0n) is 15.9. The van der Waals surface area contributed by atoms with Gasteiger partial charge < -0.3 is 10.2 Å². The number of fused-ring (bicyclic) bond motifs is 1. The minimum atomic E-state index is -0.304. The fourth-order valence-corrected chi connectivity index (χ4v) is 3.18. The number of carbonyl (C=O) groups is 2. The van der Waals surface area contributed by atoms with Gasteiger partial charge in [-0.25, -0.2) is 9.50 Å². The van der Waals surface area contributed by atoms with Gasteiger partial charge in [-0.2, -0.15) is 10.1 Å². The first-order valence-electron chi connectivity index (χ1n) is 8.81. The van der Waals surface area contributed by atoms with Crippen molar-refractivity contribution in [2.24, 2.45) is 0 Å². The molecule has 0 saturated carbocycles. The van der Waals surface area contributed by atoms with Crippen LogP contribution in [0.4, 0.5) is 5.69 Å². The lowest BCUT2D eigenvalue weighted by Crippen LogP contribution is -2.35. The van der Waals surface area contributed by atoms with Crippen molar-refractivity contribution < 1.29 is 9.59 Å². The minimum Gasteiger partial charge on any atom is -0.336 e. The van der Waals surface area contributed by atoms with Crippen molar-refractivity contribution in [3.8, 4) is 0 Å². The van der Waals surface area contributed by atoms with Gasteiger partial charge in [-0.3, -0.25) is 9.59 Å². The first kappa shape index (κ1) is 19.8. The summed E-state index contributed by atoms with van der Waals surface area (Å²) in [6.45, 7) is 3.77. The third-order valence-corrected chi connectivity index (χ3v) is 4.86. The summed E-state index contributed by atoms with van der Waals surface area (Å²) in [5.41, 5.74) is 3.21. The highest BCUT2D eigenvalue weighted by atomic mass is 35.5. The maximum atomic E-state index is 12.5. The molecule has 0 aliphatic heterocycles. The molecule has 0 saturated heterocycles. The minimum absolute atomic E-state index is 0.0532. The quantitative estimate of drug-likeness (QED) is 0.686. The second-order valence-corrected chi connectivity index (χ2v) is 6.92. The number of likely N-dealkylation sites (N-methyl/N-ethyl adjacent to an activating group) is 1. The molecule has 1 aromatic carbocycles. The molecule has 0 atom stereocenters. The van der Waals surface area contributed by atoms with E-state index in [0.717, 1.165) is 17.0 Å². The molecule has 0 spiro atoms. The highest BCUT2D eigenvalue weighted by Gasteiger charge is 2.16. The Bertz CT molecular complexity index is 1030. The summed E-state index contributed by atoms with van der Waals surface area (Å²) in [4.78, 5) is 34.6. The lowest BCUT2D eigenvalue weighted by atomic mass is 10.1. The van der Waals surface area contributed by atoms with E-state index in [1.54, 1.807) is 35.8 Å². The molecule has 9 heteroatoms. The van der Waals surface area contributed by atoms with Gasteiger partial charge in [0.1, 0.15) is 6.33 Å². The molecule has 8 nitrogen and oxygen atoms in total. The van der Waals surface area contributed by atoms with Gasteiger partial charge in [-0.15, -0.1) is 0 Å². The van der Waals surface area contributed by atoms with Gasteiger partial charge in [0.05, 0.1) is 17.3 Å². The molecule has 1 N–H and O–H groups in total. The molecule has 0 radical (unpaired) electrons. The van der Waals surface area contributed by atoms with Crippen LogP contribution >= 0.6 is 11.6 Å². The highest BCUT2D eigenvalue weighted by molar-refractivity contribution is 6.33. The maximum absolute atomic E-state index is 12.5. The van der Waals surface area contributed by atoms with E-state index in [1.807, 2.05) is 13.8 Å². The highest BCUT2D eigenvalue weighted by Crippen LogP contribution is 2.20. The van der Waals surface area contributed by atoms with Gasteiger partial charge in [0.25, 0.3) is 5.78 Å². The van der Waals surface area contributed by atoms with Gasteiger partial charge >= 0.3 is 0 Å². The number of anilines is 1. The van der Waals surface area contributed by atoms with Crippen LogP contribution in [0.15, 0.2) is 30.6 Å². The molecule has 0 bridgehead atoms. The number of nitrogens with zero attached hydrogens (tertiary/aromatic N) is 5. The van der Waals surface area contributed by atoms with Crippen LogP contribution in [-0.4, -0.2) is 49.9 Å². The number of aryl methyl sites for hydroxylation is 2. The number of amides is 2. The molecule has 2 heterocycles. The number of carbonyl (C=O) groups excluding carboxylic acids is 2. The SMILES string of the molecule is Cc1nc2ncnn2c(C)c1CCC(=O)N(C)CC(=O)Nc1ccccc1Cl. The molecule has 2 amide bonds. The van der Waals surface area contributed by atoms with Crippen LogP contribution in [0.3, 0.4) is 0 Å². The molecule has 146 valence electrons. The van der Waals surface area contributed by atoms with Gasteiger partial charge in [-0.1, -0.05) is 23.7 Å². The van der Waals surface area contributed by atoms with Crippen LogP contribution in [-0.2, 0) is 16.0 Å². The molecule has 28 heavy (non-hydrogen) atoms. The van der Waals surface area contributed by atoms with Crippen LogP contribution in [0.5, 0.6) is 0 Å². The Labute approximate surface area is 167 Å². The summed E-state index contributed by atoms with van der Waals surface area (Å²) in [5, 5.41) is 7.32. The third-order valence-electron chi connectivity index (χ3n) is 4.53. The summed E-state index contributed by atoms with van der Waals surface area (Å²) in [6, 6.07) is 6.96. The predicted octanol–water partition coefficient (Wildman–Crippen LogP) is 2.42. The van der Waals surface area contributed by atoms with Crippen LogP contribution in [0.1, 0.15) is 23.4 Å². The fraction of sp³-hybridized carbons (Fsp3) is 0.316. The number of aromatic nitrogens is 4. The molecular weight excluding hydrogens is 380 g/mol. The smallest absolute Gasteiger partial charge is 0.252 e. The van der Waals surface area contributed by atoms with Crippen LogP contribution < -0.4 is 5.32 Å². The van der Waals surface area contributed by atoms with E-state index in [-0.39, 0.29) is 24.8 Å². The summed E-state index contributed by atoms with van der Waals surface area (Å²) in [6.07, 6.45) is 2.23. The lowest BCUT2D eigenvalue weighted by molar-refractivity contribution is -0.133. The third kappa shape index (κ3) is 4.28. The van der Waals surface area contributed by atoms with Gasteiger partial charge in [0, 0.05) is 24.9 Å². The zero-order chi connectivity index (χ0) is 20.3. The summed E-state index contributed by atoms with van der Waals surface area (Å²) in [7, 11) is 1.60. The van der Waals surface area contributed by atoms with Gasteiger partial charge in [0.2, 0.25) is 11.8 Å². The molecule has 3 rings (SSSR count). The average Bonchev–Trinajstić information content (AvgIpc) is 3.11. The van der Waals surface area contributed by atoms with Crippen LogP contribution in [0.2, 0.25) is 5.02 Å². The molecule has 0 aliphatic rings. The maximum Gasteiger partial charge on any atom is 0.252 e. The molecule has 3 aromatic rings. The van der Waals surface area contributed by atoms with E-state index in [1.165, 1.54) is 11.2 Å². The topological polar surface area (TPSA) is 92.5 Å². The second kappa shape index (κ2) is 8.35. The van der Waals surface area contributed by atoms with Crippen molar-refractivity contribution in [2.75, 3.05) is 18.9 Å². The fourth-order valence-electron chi connectivity index (χ4n) is 3.00. The Balaban J connectivity index is 1.59. The molecule has 0 unspecified atom stereocenters. The standard InChI is InChI=1S/C19H21ClN6O2/c1-12-14(13(2)26-19(23-12)21-11-22-26)8-9-18(28)25(3)10-17(27)24-16-7-5-4-6-15(16)20/h4-7,11H,8-10H2,1-3H3,(H,24,27). The molecule has 0 fully saturated rings. The molecule has 2 aromatic heterocycles. The van der Waals surface area contributed by atoms with E-state index < -0.39 is 0 Å². The van der Waals surface area contributed by atoms with E-state index in [4.69, 9.17) is 11.6 Å². The summed E-state index contributed by atoms with van der Waals surface area (Å²) < 4.78 is 1.66. The summed E-state index contributed by atoms with van der Waals surface area (Å²) >= 11 is 6.04. The Hall–Kier alpha value is -3.00.